The van der Waals surface area contributed by atoms with Crippen molar-refractivity contribution >= 4 is 0 Å². The van der Waals surface area contributed by atoms with Crippen LogP contribution in [0.3, 0.4) is 0 Å². The summed E-state index contributed by atoms with van der Waals surface area (Å²) in [6.45, 7) is 0.386. The highest BCUT2D eigenvalue weighted by atomic mass is 19.1. The third-order valence-electron chi connectivity index (χ3n) is 4.37. The smallest absolute Gasteiger partial charge is 0.126 e. The highest BCUT2D eigenvalue weighted by Gasteiger charge is 2.30. The first kappa shape index (κ1) is 15.1. The van der Waals surface area contributed by atoms with E-state index in [0.717, 1.165) is 16.7 Å². The number of rotatable bonds is 3. The van der Waals surface area contributed by atoms with E-state index in [4.69, 9.17) is 0 Å². The monoisotopic (exact) mass is 303 g/mol. The van der Waals surface area contributed by atoms with E-state index in [9.17, 15) is 13.9 Å². The van der Waals surface area contributed by atoms with E-state index in [2.05, 4.69) is 5.32 Å². The Morgan fingerprint density at radius 2 is 2.00 bits per heavy atom. The minimum atomic E-state index is -0.701. The van der Waals surface area contributed by atoms with E-state index in [1.807, 2.05) is 6.07 Å². The summed E-state index contributed by atoms with van der Waals surface area (Å²) >= 11 is 0. The number of nitrogens with one attached hydrogen (secondary N) is 1. The number of aliphatic hydroxyl groups excluding tert-OH is 1. The van der Waals surface area contributed by atoms with Crippen molar-refractivity contribution in [1.82, 2.24) is 5.32 Å². The van der Waals surface area contributed by atoms with Crippen LogP contribution in [0.4, 0.5) is 8.78 Å². The largest absolute Gasteiger partial charge is 0.391 e. The lowest BCUT2D eigenvalue weighted by atomic mass is 9.83. The Labute approximate surface area is 128 Å². The molecule has 4 heteroatoms. The second-order valence-electron chi connectivity index (χ2n) is 5.75. The lowest BCUT2D eigenvalue weighted by Gasteiger charge is -2.25. The summed E-state index contributed by atoms with van der Waals surface area (Å²) < 4.78 is 27.8. The van der Waals surface area contributed by atoms with Gasteiger partial charge in [0, 0.05) is 12.5 Å². The van der Waals surface area contributed by atoms with Gasteiger partial charge < -0.3 is 10.4 Å². The molecule has 3 rings (SSSR count). The zero-order valence-corrected chi connectivity index (χ0v) is 12.4. The van der Waals surface area contributed by atoms with Crippen LogP contribution < -0.4 is 5.32 Å². The topological polar surface area (TPSA) is 32.3 Å². The lowest BCUT2D eigenvalue weighted by Crippen LogP contribution is -2.31. The predicted molar refractivity (Wildman–Crippen MR) is 82.0 cm³/mol. The first-order valence-electron chi connectivity index (χ1n) is 7.50. The first-order valence-corrected chi connectivity index (χ1v) is 7.50. The average Bonchev–Trinajstić information content (AvgIpc) is 2.65. The maximum atomic E-state index is 14.2. The Balaban J connectivity index is 2.18. The Kier molecular flexibility index (Phi) is 4.23. The summed E-state index contributed by atoms with van der Waals surface area (Å²) in [5.74, 6) is -0.907. The molecule has 2 aromatic carbocycles. The van der Waals surface area contributed by atoms with Gasteiger partial charge >= 0.3 is 0 Å². The fourth-order valence-electron chi connectivity index (χ4n) is 3.39. The zero-order valence-electron chi connectivity index (χ0n) is 12.4. The molecular weight excluding hydrogens is 284 g/mol. The van der Waals surface area contributed by atoms with Crippen molar-refractivity contribution in [3.8, 4) is 0 Å². The molecule has 0 bridgehead atoms. The van der Waals surface area contributed by atoms with Gasteiger partial charge in [-0.2, -0.15) is 0 Å². The molecule has 0 amide bonds. The molecular formula is C18H19F2NO. The van der Waals surface area contributed by atoms with Gasteiger partial charge in [0.2, 0.25) is 0 Å². The highest BCUT2D eigenvalue weighted by Crippen LogP contribution is 2.37. The second-order valence-corrected chi connectivity index (χ2v) is 5.75. The SMILES string of the molecule is CNCC(O)C1c2ccc(F)cc2CCc2c(F)cccc21. The normalized spacial score (nSPS) is 18.3. The third kappa shape index (κ3) is 2.64. The summed E-state index contributed by atoms with van der Waals surface area (Å²) in [6, 6.07) is 9.59. The molecule has 0 fully saturated rings. The van der Waals surface area contributed by atoms with E-state index in [1.54, 1.807) is 19.2 Å². The molecule has 1 aliphatic carbocycles. The van der Waals surface area contributed by atoms with Crippen LogP contribution in [0, 0.1) is 11.6 Å². The highest BCUT2D eigenvalue weighted by molar-refractivity contribution is 5.46. The Morgan fingerprint density at radius 1 is 1.18 bits per heavy atom. The van der Waals surface area contributed by atoms with Crippen molar-refractivity contribution in [3.63, 3.8) is 0 Å². The summed E-state index contributed by atoms with van der Waals surface area (Å²) in [5, 5.41) is 13.5. The minimum Gasteiger partial charge on any atom is -0.391 e. The van der Waals surface area contributed by atoms with E-state index in [0.29, 0.717) is 24.9 Å². The van der Waals surface area contributed by atoms with Crippen LogP contribution in [-0.4, -0.2) is 24.8 Å². The van der Waals surface area contributed by atoms with Crippen molar-refractivity contribution < 1.29 is 13.9 Å². The van der Waals surface area contributed by atoms with E-state index >= 15 is 0 Å². The third-order valence-corrected chi connectivity index (χ3v) is 4.37. The Morgan fingerprint density at radius 3 is 2.77 bits per heavy atom. The molecule has 0 saturated heterocycles. The quantitative estimate of drug-likeness (QED) is 0.914. The van der Waals surface area contributed by atoms with E-state index < -0.39 is 6.10 Å². The maximum absolute atomic E-state index is 14.2. The van der Waals surface area contributed by atoms with Gasteiger partial charge in [-0.05, 0) is 60.3 Å². The van der Waals surface area contributed by atoms with Crippen molar-refractivity contribution in [3.05, 3.63) is 70.3 Å². The Bertz CT molecular complexity index is 687. The van der Waals surface area contributed by atoms with Crippen LogP contribution in [0.2, 0.25) is 0 Å². The molecule has 2 nitrogen and oxygen atoms in total. The van der Waals surface area contributed by atoms with Gasteiger partial charge in [-0.3, -0.25) is 0 Å². The lowest BCUT2D eigenvalue weighted by molar-refractivity contribution is 0.156. The van der Waals surface area contributed by atoms with Crippen molar-refractivity contribution in [2.75, 3.05) is 13.6 Å². The molecule has 116 valence electrons. The number of hydrogen-bond donors (Lipinski definition) is 2. The number of likely N-dealkylation sites (N-methyl/N-ethyl adjacent to an activating group) is 1. The number of fused-ring (bicyclic) bond motifs is 2. The number of aryl methyl sites for hydroxylation is 1. The van der Waals surface area contributed by atoms with Gasteiger partial charge in [-0.15, -0.1) is 0 Å². The Hall–Kier alpha value is -1.78. The van der Waals surface area contributed by atoms with Crippen LogP contribution in [0.15, 0.2) is 36.4 Å². The van der Waals surface area contributed by atoms with E-state index in [1.165, 1.54) is 18.2 Å². The standard InChI is InChI=1S/C18H19F2NO/c1-21-10-17(22)18-13-8-6-12(19)9-11(13)5-7-14-15(18)3-2-4-16(14)20/h2-4,6,8-9,17-18,21-22H,5,7,10H2,1H3. The summed E-state index contributed by atoms with van der Waals surface area (Å²) in [6.07, 6.45) is 0.387. The number of benzene rings is 2. The van der Waals surface area contributed by atoms with Crippen molar-refractivity contribution in [1.29, 1.82) is 0 Å². The average molecular weight is 303 g/mol. The van der Waals surface area contributed by atoms with Crippen LogP contribution in [0.5, 0.6) is 0 Å². The maximum Gasteiger partial charge on any atom is 0.126 e. The van der Waals surface area contributed by atoms with Crippen LogP contribution in [0.1, 0.15) is 28.2 Å². The van der Waals surface area contributed by atoms with Gasteiger partial charge in [-0.25, -0.2) is 8.78 Å². The van der Waals surface area contributed by atoms with Crippen LogP contribution in [0.25, 0.3) is 0 Å². The first-order chi connectivity index (χ1) is 10.6. The molecule has 0 heterocycles. The molecule has 0 aromatic heterocycles. The van der Waals surface area contributed by atoms with Crippen LogP contribution >= 0.6 is 0 Å². The zero-order chi connectivity index (χ0) is 15.7. The van der Waals surface area contributed by atoms with Gasteiger partial charge in [0.05, 0.1) is 6.10 Å². The van der Waals surface area contributed by atoms with E-state index in [-0.39, 0.29) is 17.6 Å². The fourth-order valence-corrected chi connectivity index (χ4v) is 3.39. The van der Waals surface area contributed by atoms with Crippen molar-refractivity contribution in [2.24, 2.45) is 0 Å². The molecule has 22 heavy (non-hydrogen) atoms. The van der Waals surface area contributed by atoms with Crippen molar-refractivity contribution in [2.45, 2.75) is 24.9 Å². The molecule has 2 unspecified atom stereocenters. The predicted octanol–water partition coefficient (Wildman–Crippen LogP) is 2.78. The van der Waals surface area contributed by atoms with Gasteiger partial charge in [0.25, 0.3) is 0 Å². The minimum absolute atomic E-state index is 0.257. The molecule has 0 radical (unpaired) electrons. The van der Waals surface area contributed by atoms with Gasteiger partial charge in [0.1, 0.15) is 11.6 Å². The second kappa shape index (κ2) is 6.15. The molecule has 0 aliphatic heterocycles. The van der Waals surface area contributed by atoms with Crippen LogP contribution in [-0.2, 0) is 12.8 Å². The summed E-state index contributed by atoms with van der Waals surface area (Å²) in [5.41, 5.74) is 3.15. The number of hydrogen-bond acceptors (Lipinski definition) is 2. The summed E-state index contributed by atoms with van der Waals surface area (Å²) in [4.78, 5) is 0. The fraction of sp³-hybridized carbons (Fsp3) is 0.333. The molecule has 1 aliphatic rings. The molecule has 2 N–H and O–H groups in total. The number of halogens is 2. The molecule has 0 saturated carbocycles. The molecule has 0 spiro atoms. The van der Waals surface area contributed by atoms with Gasteiger partial charge in [0.15, 0.2) is 0 Å². The summed E-state index contributed by atoms with van der Waals surface area (Å²) in [7, 11) is 1.76. The molecule has 2 aromatic rings. The van der Waals surface area contributed by atoms with Gasteiger partial charge in [-0.1, -0.05) is 18.2 Å². The number of aliphatic hydroxyl groups is 1. The molecule has 2 atom stereocenters.